The second-order valence-electron chi connectivity index (χ2n) is 3.39. The van der Waals surface area contributed by atoms with Crippen LogP contribution in [-0.4, -0.2) is 19.1 Å². The Kier molecular flexibility index (Phi) is 10.0. The van der Waals surface area contributed by atoms with Crippen molar-refractivity contribution in [3.63, 3.8) is 0 Å². The zero-order chi connectivity index (χ0) is 10.6. The molecule has 84 valence electrons. The fraction of sp³-hybridized carbons (Fsp3) is 0.900. The molecule has 0 radical (unpaired) electrons. The standard InChI is InChI=1S/C10H22N2O2/c1-2-3-4-5-6-7-8-14-9-10(13)12-11/h2-9,11H2,1H3,(H,12,13). The largest absolute Gasteiger partial charge is 0.372 e. The minimum Gasteiger partial charge on any atom is -0.372 e. The molecule has 0 bridgehead atoms. The number of amides is 1. The number of carbonyl (C=O) groups excluding carboxylic acids is 1. The number of hydrogen-bond donors (Lipinski definition) is 2. The van der Waals surface area contributed by atoms with E-state index < -0.39 is 0 Å². The van der Waals surface area contributed by atoms with E-state index in [2.05, 4.69) is 6.92 Å². The summed E-state index contributed by atoms with van der Waals surface area (Å²) >= 11 is 0. The highest BCUT2D eigenvalue weighted by molar-refractivity contribution is 5.76. The summed E-state index contributed by atoms with van der Waals surface area (Å²) in [4.78, 5) is 10.6. The van der Waals surface area contributed by atoms with Gasteiger partial charge < -0.3 is 4.74 Å². The Morgan fingerprint density at radius 1 is 1.21 bits per heavy atom. The van der Waals surface area contributed by atoms with Gasteiger partial charge in [0, 0.05) is 6.61 Å². The molecule has 0 saturated heterocycles. The van der Waals surface area contributed by atoms with Crippen LogP contribution in [0, 0.1) is 0 Å². The van der Waals surface area contributed by atoms with Crippen LogP contribution in [0.3, 0.4) is 0 Å². The Hall–Kier alpha value is -0.610. The Bertz CT molecular complexity index is 140. The van der Waals surface area contributed by atoms with Crippen molar-refractivity contribution in [3.8, 4) is 0 Å². The molecule has 0 aliphatic carbocycles. The van der Waals surface area contributed by atoms with Crippen molar-refractivity contribution < 1.29 is 9.53 Å². The fourth-order valence-electron chi connectivity index (χ4n) is 1.19. The minimum absolute atomic E-state index is 0.0749. The monoisotopic (exact) mass is 202 g/mol. The van der Waals surface area contributed by atoms with Gasteiger partial charge in [-0.25, -0.2) is 5.84 Å². The van der Waals surface area contributed by atoms with E-state index in [0.29, 0.717) is 6.61 Å². The van der Waals surface area contributed by atoms with E-state index in [1.165, 1.54) is 32.1 Å². The molecule has 0 fully saturated rings. The molecule has 4 nitrogen and oxygen atoms in total. The first-order chi connectivity index (χ1) is 6.81. The molecule has 3 N–H and O–H groups in total. The number of unbranched alkanes of at least 4 members (excludes halogenated alkanes) is 5. The SMILES string of the molecule is CCCCCCCCOCC(=O)NN. The Balaban J connectivity index is 2.95. The van der Waals surface area contributed by atoms with Gasteiger partial charge in [0.15, 0.2) is 0 Å². The summed E-state index contributed by atoms with van der Waals surface area (Å²) in [6.07, 6.45) is 7.37. The number of hydrogen-bond acceptors (Lipinski definition) is 3. The van der Waals surface area contributed by atoms with Crippen LogP contribution in [0.15, 0.2) is 0 Å². The van der Waals surface area contributed by atoms with Crippen molar-refractivity contribution in [3.05, 3.63) is 0 Å². The molecule has 1 amide bonds. The third-order valence-electron chi connectivity index (χ3n) is 2.04. The third kappa shape index (κ3) is 9.48. The quantitative estimate of drug-likeness (QED) is 0.257. The zero-order valence-corrected chi connectivity index (χ0v) is 9.05. The highest BCUT2D eigenvalue weighted by Crippen LogP contribution is 2.04. The van der Waals surface area contributed by atoms with Crippen LogP contribution in [-0.2, 0) is 9.53 Å². The van der Waals surface area contributed by atoms with E-state index in [1.54, 1.807) is 0 Å². The first kappa shape index (κ1) is 13.4. The molecule has 0 aromatic carbocycles. The van der Waals surface area contributed by atoms with Gasteiger partial charge in [-0.05, 0) is 6.42 Å². The van der Waals surface area contributed by atoms with Crippen LogP contribution in [0.25, 0.3) is 0 Å². The van der Waals surface area contributed by atoms with Crippen molar-refractivity contribution in [2.75, 3.05) is 13.2 Å². The Labute approximate surface area is 86.2 Å². The molecular weight excluding hydrogens is 180 g/mol. The van der Waals surface area contributed by atoms with Gasteiger partial charge in [0.2, 0.25) is 0 Å². The maximum atomic E-state index is 10.6. The smallest absolute Gasteiger partial charge is 0.259 e. The van der Waals surface area contributed by atoms with Crippen molar-refractivity contribution in [1.29, 1.82) is 0 Å². The third-order valence-corrected chi connectivity index (χ3v) is 2.04. The Morgan fingerprint density at radius 2 is 1.86 bits per heavy atom. The van der Waals surface area contributed by atoms with Crippen LogP contribution in [0.2, 0.25) is 0 Å². The fourth-order valence-corrected chi connectivity index (χ4v) is 1.19. The van der Waals surface area contributed by atoms with Gasteiger partial charge in [0.25, 0.3) is 5.91 Å². The molecule has 0 rings (SSSR count). The van der Waals surface area contributed by atoms with E-state index in [9.17, 15) is 4.79 Å². The molecular formula is C10H22N2O2. The number of carbonyl (C=O) groups is 1. The maximum Gasteiger partial charge on any atom is 0.259 e. The molecule has 0 aromatic heterocycles. The van der Waals surface area contributed by atoms with Gasteiger partial charge in [-0.15, -0.1) is 0 Å². The van der Waals surface area contributed by atoms with Crippen molar-refractivity contribution in [2.24, 2.45) is 5.84 Å². The van der Waals surface area contributed by atoms with Crippen LogP contribution >= 0.6 is 0 Å². The van der Waals surface area contributed by atoms with Gasteiger partial charge in [-0.1, -0.05) is 39.0 Å². The normalized spacial score (nSPS) is 10.1. The number of nitrogens with two attached hydrogens (primary N) is 1. The summed E-state index contributed by atoms with van der Waals surface area (Å²) < 4.78 is 5.10. The second-order valence-corrected chi connectivity index (χ2v) is 3.39. The van der Waals surface area contributed by atoms with E-state index in [4.69, 9.17) is 10.6 Å². The molecule has 14 heavy (non-hydrogen) atoms. The van der Waals surface area contributed by atoms with Crippen molar-refractivity contribution in [1.82, 2.24) is 5.43 Å². The lowest BCUT2D eigenvalue weighted by Crippen LogP contribution is -2.33. The predicted molar refractivity (Wildman–Crippen MR) is 56.5 cm³/mol. The van der Waals surface area contributed by atoms with Gasteiger partial charge >= 0.3 is 0 Å². The maximum absolute atomic E-state index is 10.6. The summed E-state index contributed by atoms with van der Waals surface area (Å²) in [7, 11) is 0. The highest BCUT2D eigenvalue weighted by atomic mass is 16.5. The number of ether oxygens (including phenoxy) is 1. The average molecular weight is 202 g/mol. The highest BCUT2D eigenvalue weighted by Gasteiger charge is 1.96. The van der Waals surface area contributed by atoms with Gasteiger partial charge in [0.1, 0.15) is 6.61 Å². The first-order valence-corrected chi connectivity index (χ1v) is 5.38. The van der Waals surface area contributed by atoms with Gasteiger partial charge in [-0.2, -0.15) is 0 Å². The average Bonchev–Trinajstić information content (AvgIpc) is 2.21. The van der Waals surface area contributed by atoms with Crippen LogP contribution in [0.1, 0.15) is 45.4 Å². The molecule has 0 atom stereocenters. The number of nitrogens with one attached hydrogen (secondary N) is 1. The first-order valence-electron chi connectivity index (χ1n) is 5.38. The molecule has 0 heterocycles. The molecule has 0 saturated carbocycles. The summed E-state index contributed by atoms with van der Waals surface area (Å²) in [6.45, 7) is 2.93. The number of rotatable bonds is 9. The molecule has 0 spiro atoms. The van der Waals surface area contributed by atoms with Crippen molar-refractivity contribution >= 4 is 5.91 Å². The lowest BCUT2D eigenvalue weighted by molar-refractivity contribution is -0.125. The Morgan fingerprint density at radius 3 is 2.50 bits per heavy atom. The van der Waals surface area contributed by atoms with Gasteiger partial charge in [-0.3, -0.25) is 10.2 Å². The lowest BCUT2D eigenvalue weighted by atomic mass is 10.1. The molecule has 4 heteroatoms. The molecule has 0 aliphatic rings. The zero-order valence-electron chi connectivity index (χ0n) is 9.05. The van der Waals surface area contributed by atoms with E-state index in [0.717, 1.165) is 6.42 Å². The van der Waals surface area contributed by atoms with Crippen molar-refractivity contribution in [2.45, 2.75) is 45.4 Å². The van der Waals surface area contributed by atoms with Crippen LogP contribution < -0.4 is 11.3 Å². The summed E-state index contributed by atoms with van der Waals surface area (Å²) in [5, 5.41) is 0. The van der Waals surface area contributed by atoms with Gasteiger partial charge in [0.05, 0.1) is 0 Å². The second kappa shape index (κ2) is 10.5. The predicted octanol–water partition coefficient (Wildman–Crippen LogP) is 1.35. The van der Waals surface area contributed by atoms with Crippen LogP contribution in [0.4, 0.5) is 0 Å². The van der Waals surface area contributed by atoms with E-state index in [-0.39, 0.29) is 12.5 Å². The lowest BCUT2D eigenvalue weighted by Gasteiger charge is -2.02. The molecule has 0 aliphatic heterocycles. The topological polar surface area (TPSA) is 64.3 Å². The molecule has 0 unspecified atom stereocenters. The van der Waals surface area contributed by atoms with E-state index >= 15 is 0 Å². The summed E-state index contributed by atoms with van der Waals surface area (Å²) in [6, 6.07) is 0. The number of hydrazine groups is 1. The van der Waals surface area contributed by atoms with Crippen LogP contribution in [0.5, 0.6) is 0 Å². The molecule has 0 aromatic rings. The van der Waals surface area contributed by atoms with E-state index in [1.807, 2.05) is 5.43 Å². The summed E-state index contributed by atoms with van der Waals surface area (Å²) in [5.74, 6) is 4.62. The summed E-state index contributed by atoms with van der Waals surface area (Å²) in [5.41, 5.74) is 2.02. The minimum atomic E-state index is -0.268.